The molecule has 2 aromatic rings. The zero-order valence-electron chi connectivity index (χ0n) is 15.3. The molecule has 0 aliphatic heterocycles. The fourth-order valence-corrected chi connectivity index (χ4v) is 2.97. The van der Waals surface area contributed by atoms with Crippen molar-refractivity contribution in [3.05, 3.63) is 69.8 Å². The highest BCUT2D eigenvalue weighted by Gasteiger charge is 2.32. The number of Topliss-reactive ketones (excluding diaryl/α,β-unsaturated/α-hetero) is 1. The third-order valence-corrected chi connectivity index (χ3v) is 4.43. The molecule has 0 bridgehead atoms. The molecule has 132 valence electrons. The van der Waals surface area contributed by atoms with Gasteiger partial charge in [-0.1, -0.05) is 41.0 Å². The lowest BCUT2D eigenvalue weighted by Crippen LogP contribution is -2.25. The number of hydrogen-bond donors (Lipinski definition) is 0. The van der Waals surface area contributed by atoms with E-state index in [9.17, 15) is 9.59 Å². The number of methoxy groups -OCH3 is 1. The van der Waals surface area contributed by atoms with Crippen LogP contribution in [0.2, 0.25) is 0 Å². The monoisotopic (exact) mass is 359 g/mol. The molecule has 2 aromatic carbocycles. The van der Waals surface area contributed by atoms with Crippen LogP contribution in [0.3, 0.4) is 0 Å². The van der Waals surface area contributed by atoms with E-state index in [2.05, 4.69) is 0 Å². The Hall–Kier alpha value is -2.32. The number of hydrogen-bond acceptors (Lipinski definition) is 4. The summed E-state index contributed by atoms with van der Waals surface area (Å²) in [6, 6.07) is 11.1. The van der Waals surface area contributed by atoms with E-state index >= 15 is 0 Å². The summed E-state index contributed by atoms with van der Waals surface area (Å²) in [7, 11) is 2.48. The van der Waals surface area contributed by atoms with Crippen LogP contribution in [0.1, 0.15) is 44.1 Å². The van der Waals surface area contributed by atoms with Crippen LogP contribution >= 0.6 is 9.12 Å². The smallest absolute Gasteiger partial charge is 0.321 e. The number of ether oxygens (including phenoxy) is 1. The molecule has 2 atom stereocenters. The summed E-state index contributed by atoms with van der Waals surface area (Å²) in [6.45, 7) is 7.86. The van der Waals surface area contributed by atoms with Crippen LogP contribution < -0.4 is 0 Å². The van der Waals surface area contributed by atoms with E-state index in [4.69, 9.17) is 9.30 Å². The van der Waals surface area contributed by atoms with Crippen LogP contribution in [0, 0.1) is 27.7 Å². The quantitative estimate of drug-likeness (QED) is 0.354. The van der Waals surface area contributed by atoms with Gasteiger partial charge >= 0.3 is 15.1 Å². The fourth-order valence-electron chi connectivity index (χ4n) is 2.97. The van der Waals surface area contributed by atoms with Gasteiger partial charge in [-0.3, -0.25) is 9.59 Å². The van der Waals surface area contributed by atoms with Gasteiger partial charge in [-0.25, -0.2) is 0 Å². The molecule has 5 heteroatoms. The predicted octanol–water partition coefficient (Wildman–Crippen LogP) is 4.27. The number of carbonyl (C=O) groups is 2. The van der Waals surface area contributed by atoms with Crippen molar-refractivity contribution >= 4 is 20.9 Å². The Morgan fingerprint density at radius 2 is 1.48 bits per heavy atom. The second-order valence-electron chi connectivity index (χ2n) is 5.87. The lowest BCUT2D eigenvalue weighted by Gasteiger charge is -2.19. The van der Waals surface area contributed by atoms with Gasteiger partial charge in [-0.05, 0) is 55.5 Å². The van der Waals surface area contributed by atoms with Gasteiger partial charge < -0.3 is 4.74 Å². The zero-order valence-corrected chi connectivity index (χ0v) is 16.4. The van der Waals surface area contributed by atoms with E-state index in [1.165, 1.54) is 16.2 Å². The van der Waals surface area contributed by atoms with Crippen LogP contribution in [0.25, 0.3) is 0 Å². The molecule has 0 saturated carbocycles. The van der Waals surface area contributed by atoms with Crippen molar-refractivity contribution in [1.29, 1.82) is 0 Å². The van der Waals surface area contributed by atoms with E-state index < -0.39 is 11.9 Å². The largest absolute Gasteiger partial charge is 0.468 e. The van der Waals surface area contributed by atoms with Gasteiger partial charge in [0.2, 0.25) is 0 Å². The molecule has 0 heterocycles. The van der Waals surface area contributed by atoms with Gasteiger partial charge in [0, 0.05) is 5.56 Å². The number of aryl methyl sites for hydroxylation is 2. The van der Waals surface area contributed by atoms with Crippen LogP contribution in [-0.4, -0.2) is 18.9 Å². The minimum Gasteiger partial charge on any atom is -0.468 e. The molecule has 0 aromatic heterocycles. The fraction of sp³-hybridized carbons (Fsp3) is 0.300. The molecule has 0 fully saturated rings. The van der Waals surface area contributed by atoms with Crippen molar-refractivity contribution in [2.45, 2.75) is 33.6 Å². The Morgan fingerprint density at radius 1 is 0.920 bits per heavy atom. The van der Waals surface area contributed by atoms with Gasteiger partial charge in [-0.2, -0.15) is 0 Å². The molecule has 2 unspecified atom stereocenters. The van der Waals surface area contributed by atoms with E-state index in [0.717, 1.165) is 22.3 Å². The highest BCUT2D eigenvalue weighted by atomic mass is 31.0. The first-order chi connectivity index (χ1) is 11.9. The average molecular weight is 359 g/mol. The van der Waals surface area contributed by atoms with E-state index in [0.29, 0.717) is 11.1 Å². The second kappa shape index (κ2) is 9.24. The maximum Gasteiger partial charge on any atom is 0.321 e. The first-order valence-electron chi connectivity index (χ1n) is 7.86. The van der Waals surface area contributed by atoms with Crippen molar-refractivity contribution in [2.75, 3.05) is 7.11 Å². The third kappa shape index (κ3) is 4.40. The summed E-state index contributed by atoms with van der Waals surface area (Å²) < 4.78 is 13.1. The first-order valence-corrected chi connectivity index (χ1v) is 8.33. The number of ketones is 1. The van der Waals surface area contributed by atoms with Crippen LogP contribution in [0.15, 0.2) is 36.4 Å². The second-order valence-corrected chi connectivity index (χ2v) is 5.87. The molecule has 2 rings (SSSR count). The Bertz CT molecular complexity index is 769. The number of rotatable bonds is 4. The van der Waals surface area contributed by atoms with Gasteiger partial charge in [0.25, 0.3) is 0 Å². The minimum atomic E-state index is -0.930. The topological polar surface area (TPSA) is 60.4 Å². The van der Waals surface area contributed by atoms with Crippen molar-refractivity contribution in [1.82, 2.24) is 0 Å². The Balaban J connectivity index is 0.00000151. The van der Waals surface area contributed by atoms with Gasteiger partial charge in [0.05, 0.1) is 7.11 Å². The SMILES string of the molecule is COC(=O)C(C(=O)c1c(C)cc(C)c(C)c1C)c1ccccc1.O=[PH2+]. The molecular formula is C20H24O4P+. The number of carbonyl (C=O) groups excluding carboxylic acids is 2. The lowest BCUT2D eigenvalue weighted by molar-refractivity contribution is -0.141. The molecule has 0 aliphatic carbocycles. The molecule has 4 nitrogen and oxygen atoms in total. The Morgan fingerprint density at radius 3 is 2.00 bits per heavy atom. The summed E-state index contributed by atoms with van der Waals surface area (Å²) in [5.74, 6) is -1.67. The van der Waals surface area contributed by atoms with Crippen molar-refractivity contribution in [3.8, 4) is 0 Å². The number of benzene rings is 2. The summed E-state index contributed by atoms with van der Waals surface area (Å²) >= 11 is 0. The highest BCUT2D eigenvalue weighted by molar-refractivity contribution is 7.00. The standard InChI is InChI=1S/C20H22O3.H2OP/c1-12-11-13(2)17(15(4)14(12)3)19(21)18(20(22)23-5)16-9-7-6-8-10-16;1-2/h6-11,18H,1-5H3;2H2/q;+1. The predicted molar refractivity (Wildman–Crippen MR) is 101 cm³/mol. The maximum absolute atomic E-state index is 13.2. The maximum atomic E-state index is 13.2. The normalized spacial score (nSPS) is 11.1. The Kier molecular flexibility index (Phi) is 7.66. The summed E-state index contributed by atoms with van der Waals surface area (Å²) in [5.41, 5.74) is 5.31. The zero-order chi connectivity index (χ0) is 19.1. The molecule has 25 heavy (non-hydrogen) atoms. The van der Waals surface area contributed by atoms with E-state index in [1.807, 2.05) is 52.0 Å². The average Bonchev–Trinajstić information content (AvgIpc) is 2.62. The first kappa shape index (κ1) is 20.7. The number of esters is 1. The molecule has 0 N–H and O–H groups in total. The summed E-state index contributed by atoms with van der Waals surface area (Å²) in [5, 5.41) is 0. The van der Waals surface area contributed by atoms with E-state index in [-0.39, 0.29) is 5.78 Å². The van der Waals surface area contributed by atoms with Gasteiger partial charge in [-0.15, -0.1) is 0 Å². The molecule has 0 amide bonds. The summed E-state index contributed by atoms with van der Waals surface area (Å²) in [6.07, 6.45) is 0. The highest BCUT2D eigenvalue weighted by Crippen LogP contribution is 2.29. The van der Waals surface area contributed by atoms with Crippen molar-refractivity contribution in [3.63, 3.8) is 0 Å². The molecule has 0 spiro atoms. The molecule has 0 saturated heterocycles. The van der Waals surface area contributed by atoms with Gasteiger partial charge in [0.1, 0.15) is 5.92 Å². The van der Waals surface area contributed by atoms with Crippen LogP contribution in [-0.2, 0) is 14.1 Å². The van der Waals surface area contributed by atoms with Crippen molar-refractivity contribution < 1.29 is 18.9 Å². The molecule has 0 aliphatic rings. The third-order valence-electron chi connectivity index (χ3n) is 4.43. The minimum absolute atomic E-state index is 0.207. The van der Waals surface area contributed by atoms with Crippen LogP contribution in [0.5, 0.6) is 0 Å². The van der Waals surface area contributed by atoms with Gasteiger partial charge in [0.15, 0.2) is 5.78 Å². The molecule has 0 radical (unpaired) electrons. The van der Waals surface area contributed by atoms with E-state index in [1.54, 1.807) is 12.1 Å². The Labute approximate surface area is 150 Å². The van der Waals surface area contributed by atoms with Crippen molar-refractivity contribution in [2.24, 2.45) is 0 Å². The molecular weight excluding hydrogens is 335 g/mol. The lowest BCUT2D eigenvalue weighted by atomic mass is 9.84. The van der Waals surface area contributed by atoms with Crippen LogP contribution in [0.4, 0.5) is 0 Å². The summed E-state index contributed by atoms with van der Waals surface area (Å²) in [4.78, 5) is 25.4.